The molecule has 3 unspecified atom stereocenters. The molecule has 1 aliphatic heterocycles. The Hall–Kier alpha value is -0.560. The highest BCUT2D eigenvalue weighted by atomic mass is 32.1. The molecule has 0 aromatic carbocycles. The van der Waals surface area contributed by atoms with Gasteiger partial charge in [-0.15, -0.1) is 0 Å². The van der Waals surface area contributed by atoms with E-state index in [0.717, 1.165) is 19.5 Å². The van der Waals surface area contributed by atoms with Gasteiger partial charge in [0.1, 0.15) is 0 Å². The minimum Gasteiger partial charge on any atom is -0.396 e. The van der Waals surface area contributed by atoms with Gasteiger partial charge in [0.25, 0.3) is 0 Å². The van der Waals surface area contributed by atoms with Gasteiger partial charge in [-0.3, -0.25) is 5.32 Å². The molecular weight excluding hydrogens is 278 g/mol. The lowest BCUT2D eigenvalue weighted by atomic mass is 9.96. The molecule has 0 aromatic rings. The van der Waals surface area contributed by atoms with Crippen molar-refractivity contribution < 1.29 is 14.9 Å². The zero-order valence-corrected chi connectivity index (χ0v) is 12.9. The van der Waals surface area contributed by atoms with Crippen LogP contribution in [0.1, 0.15) is 19.8 Å². The molecule has 1 fully saturated rings. The Kier molecular flexibility index (Phi) is 8.93. The van der Waals surface area contributed by atoms with Crippen LogP contribution in [0.3, 0.4) is 0 Å². The standard InChI is InChI=1S/C13H25N3O3S/c1-2-15-13(20)16-7-10-9-19-11(6-12(10)18)8-14-4-3-5-17/h7,10-12,14,17-18H,2-6,8-9H2,1H3,(H,15,20)/p+1. The highest BCUT2D eigenvalue weighted by Gasteiger charge is 2.30. The van der Waals surface area contributed by atoms with Crippen LogP contribution in [0.15, 0.2) is 0 Å². The summed E-state index contributed by atoms with van der Waals surface area (Å²) in [5, 5.41) is 25.5. The second-order valence-corrected chi connectivity index (χ2v) is 5.26. The molecule has 0 aliphatic carbocycles. The summed E-state index contributed by atoms with van der Waals surface area (Å²) in [6.07, 6.45) is 2.59. The van der Waals surface area contributed by atoms with Gasteiger partial charge in [-0.25, -0.2) is 4.67 Å². The van der Waals surface area contributed by atoms with E-state index in [9.17, 15) is 5.11 Å². The zero-order valence-electron chi connectivity index (χ0n) is 12.0. The van der Waals surface area contributed by atoms with Crippen molar-refractivity contribution in [1.29, 1.82) is 0 Å². The van der Waals surface area contributed by atoms with E-state index in [4.69, 9.17) is 9.84 Å². The van der Waals surface area contributed by atoms with Gasteiger partial charge in [0.2, 0.25) is 0 Å². The summed E-state index contributed by atoms with van der Waals surface area (Å²) in [5.74, 6) is -0.0931. The maximum atomic E-state index is 10.1. The Bertz CT molecular complexity index is 335. The average molecular weight is 304 g/mol. The van der Waals surface area contributed by atoms with E-state index >= 15 is 0 Å². The second-order valence-electron chi connectivity index (χ2n) is 4.84. The molecule has 0 bridgehead atoms. The fourth-order valence-corrected chi connectivity index (χ4v) is 2.22. The number of hydrogen-bond donors (Lipinski definition) is 5. The fourth-order valence-electron chi connectivity index (χ4n) is 1.99. The third-order valence-corrected chi connectivity index (χ3v) is 3.40. The Morgan fingerprint density at radius 1 is 1.55 bits per heavy atom. The summed E-state index contributed by atoms with van der Waals surface area (Å²) in [7, 11) is 0. The molecule has 0 amide bonds. The smallest absolute Gasteiger partial charge is 0.396 e. The largest absolute Gasteiger partial charge is 0.400 e. The summed E-state index contributed by atoms with van der Waals surface area (Å²) in [4.78, 5) is 0. The van der Waals surface area contributed by atoms with E-state index in [1.165, 1.54) is 0 Å². The van der Waals surface area contributed by atoms with Gasteiger partial charge >= 0.3 is 5.17 Å². The van der Waals surface area contributed by atoms with Crippen LogP contribution in [0.2, 0.25) is 0 Å². The molecule has 4 N–H and O–H groups in total. The van der Waals surface area contributed by atoms with Crippen LogP contribution in [-0.2, 0) is 4.74 Å². The monoisotopic (exact) mass is 304 g/mol. The average Bonchev–Trinajstić information content (AvgIpc) is 2.43. The molecule has 116 valence electrons. The third-order valence-electron chi connectivity index (χ3n) is 3.13. The van der Waals surface area contributed by atoms with Crippen molar-refractivity contribution in [2.75, 3.05) is 32.8 Å². The Labute approximate surface area is 125 Å². The van der Waals surface area contributed by atoms with Gasteiger partial charge in [-0.1, -0.05) is 0 Å². The van der Waals surface area contributed by atoms with Gasteiger partial charge in [-0.2, -0.15) is 0 Å². The normalized spacial score (nSPS) is 25.9. The number of nitrogens with one attached hydrogen (secondary N) is 2. The maximum absolute atomic E-state index is 10.1. The van der Waals surface area contributed by atoms with E-state index in [-0.39, 0.29) is 18.6 Å². The number of aliphatic hydroxyl groups is 2. The minimum absolute atomic E-state index is 0.0153. The van der Waals surface area contributed by atoms with Crippen molar-refractivity contribution in [1.82, 2.24) is 15.3 Å². The predicted molar refractivity (Wildman–Crippen MR) is 84.3 cm³/mol. The lowest BCUT2D eigenvalue weighted by Gasteiger charge is -2.30. The van der Waals surface area contributed by atoms with Crippen molar-refractivity contribution in [3.05, 3.63) is 0 Å². The number of hydrogen-bond acceptors (Lipinski definition) is 4. The molecular formula is C13H26N3O3S+. The molecule has 1 aliphatic rings. The Morgan fingerprint density at radius 3 is 3.00 bits per heavy atom. The van der Waals surface area contributed by atoms with E-state index < -0.39 is 6.10 Å². The fraction of sp³-hybridized carbons (Fsp3) is 0.846. The van der Waals surface area contributed by atoms with Gasteiger partial charge in [0.15, 0.2) is 6.21 Å². The first kappa shape index (κ1) is 17.5. The molecule has 20 heavy (non-hydrogen) atoms. The topological polar surface area (TPSA) is 87.9 Å². The summed E-state index contributed by atoms with van der Waals surface area (Å²) in [6.45, 7) is 4.85. The maximum Gasteiger partial charge on any atom is 0.400 e. The highest BCUT2D eigenvalue weighted by molar-refractivity contribution is 7.96. The summed E-state index contributed by atoms with van der Waals surface area (Å²) >= 11 is 4.18. The summed E-state index contributed by atoms with van der Waals surface area (Å²) < 4.78 is 9.86. The number of rotatable bonds is 7. The molecule has 6 nitrogen and oxygen atoms in total. The van der Waals surface area contributed by atoms with Crippen molar-refractivity contribution in [3.8, 4) is 0 Å². The third kappa shape index (κ3) is 6.74. The number of nitrogens with zero attached hydrogens (tertiary/aromatic N) is 1. The highest BCUT2D eigenvalue weighted by Crippen LogP contribution is 2.17. The van der Waals surface area contributed by atoms with Crippen LogP contribution in [0.4, 0.5) is 0 Å². The molecule has 7 heteroatoms. The van der Waals surface area contributed by atoms with Crippen LogP contribution in [0, 0.1) is 5.92 Å². The van der Waals surface area contributed by atoms with Crippen LogP contribution in [0.5, 0.6) is 0 Å². The summed E-state index contributed by atoms with van der Waals surface area (Å²) in [5.41, 5.74) is 0. The molecule has 0 aromatic heterocycles. The van der Waals surface area contributed by atoms with Gasteiger partial charge < -0.3 is 20.3 Å². The van der Waals surface area contributed by atoms with Crippen LogP contribution >= 0.6 is 12.6 Å². The van der Waals surface area contributed by atoms with E-state index in [0.29, 0.717) is 24.7 Å². The lowest BCUT2D eigenvalue weighted by molar-refractivity contribution is -0.0605. The zero-order chi connectivity index (χ0) is 14.8. The first-order valence-electron chi connectivity index (χ1n) is 7.12. The van der Waals surface area contributed by atoms with E-state index in [1.54, 1.807) is 6.21 Å². The molecule has 0 spiro atoms. The van der Waals surface area contributed by atoms with Crippen LogP contribution in [-0.4, -0.2) is 66.7 Å². The van der Waals surface area contributed by atoms with Crippen molar-refractivity contribution in [2.45, 2.75) is 32.0 Å². The number of amidine groups is 1. The first-order chi connectivity index (χ1) is 9.67. The number of ether oxygens (including phenoxy) is 1. The molecule has 1 heterocycles. The molecule has 1 rings (SSSR count). The van der Waals surface area contributed by atoms with E-state index in [1.807, 2.05) is 6.92 Å². The molecule has 3 atom stereocenters. The first-order valence-corrected chi connectivity index (χ1v) is 7.57. The Morgan fingerprint density at radius 2 is 2.35 bits per heavy atom. The van der Waals surface area contributed by atoms with Crippen LogP contribution < -0.4 is 15.3 Å². The molecule has 0 saturated carbocycles. The Balaban J connectivity index is 2.34. The summed E-state index contributed by atoms with van der Waals surface area (Å²) in [6, 6.07) is 0. The van der Waals surface area contributed by atoms with Gasteiger partial charge in [-0.05, 0) is 32.5 Å². The number of thiol groups is 1. The second kappa shape index (κ2) is 10.2. The molecule has 0 radical (unpaired) electrons. The van der Waals surface area contributed by atoms with Gasteiger partial charge in [0, 0.05) is 19.6 Å². The number of aliphatic hydroxyl groups excluding tert-OH is 2. The predicted octanol–water partition coefficient (Wildman–Crippen LogP) is -1.24. The van der Waals surface area contributed by atoms with Gasteiger partial charge in [0.05, 0.1) is 31.3 Å². The van der Waals surface area contributed by atoms with Crippen molar-refractivity contribution in [2.24, 2.45) is 5.92 Å². The van der Waals surface area contributed by atoms with E-state index in [2.05, 4.69) is 27.9 Å². The van der Waals surface area contributed by atoms with Crippen molar-refractivity contribution in [3.63, 3.8) is 0 Å². The van der Waals surface area contributed by atoms with Crippen LogP contribution in [0.25, 0.3) is 0 Å². The lowest BCUT2D eigenvalue weighted by Crippen LogP contribution is -2.43. The quantitative estimate of drug-likeness (QED) is 0.133. The van der Waals surface area contributed by atoms with Crippen molar-refractivity contribution >= 4 is 24.0 Å². The SMILES string of the molecule is CCNC(S)=[N+]=CC1COC(CNCCCO)CC1O. The molecule has 1 saturated heterocycles. The minimum atomic E-state index is -0.445.